The number of urea groups is 1. The van der Waals surface area contributed by atoms with Crippen LogP contribution in [-0.4, -0.2) is 25.2 Å². The lowest BCUT2D eigenvalue weighted by atomic mass is 10.2. The average Bonchev–Trinajstić information content (AvgIpc) is 2.64. The summed E-state index contributed by atoms with van der Waals surface area (Å²) in [6.45, 7) is 0.913. The molecule has 1 fully saturated rings. The van der Waals surface area contributed by atoms with Crippen LogP contribution in [0, 0.1) is 0 Å². The zero-order valence-electron chi connectivity index (χ0n) is 8.41. The van der Waals surface area contributed by atoms with Gasteiger partial charge in [0.15, 0.2) is 0 Å². The van der Waals surface area contributed by atoms with E-state index in [4.69, 9.17) is 28.9 Å². The summed E-state index contributed by atoms with van der Waals surface area (Å²) in [6.07, 6.45) is 0. The molecule has 0 radical (unpaired) electrons. The Labute approximate surface area is 103 Å². The first kappa shape index (κ1) is 11.5. The second kappa shape index (κ2) is 4.49. The molecule has 0 saturated carbocycles. The smallest absolute Gasteiger partial charge is 0.322 e. The largest absolute Gasteiger partial charge is 0.332 e. The molecule has 4 nitrogen and oxygen atoms in total. The molecule has 1 heterocycles. The Morgan fingerprint density at radius 3 is 2.88 bits per heavy atom. The van der Waals surface area contributed by atoms with Gasteiger partial charge in [-0.2, -0.15) is 0 Å². The van der Waals surface area contributed by atoms with E-state index < -0.39 is 0 Å². The van der Waals surface area contributed by atoms with E-state index in [1.165, 1.54) is 0 Å². The number of amides is 2. The van der Waals surface area contributed by atoms with Crippen molar-refractivity contribution in [3.8, 4) is 0 Å². The van der Waals surface area contributed by atoms with E-state index in [2.05, 4.69) is 5.32 Å². The van der Waals surface area contributed by atoms with Gasteiger partial charge in [0.1, 0.15) is 0 Å². The first-order chi connectivity index (χ1) is 7.63. The van der Waals surface area contributed by atoms with Gasteiger partial charge < -0.3 is 11.1 Å². The number of hydrogen-bond acceptors (Lipinski definition) is 2. The fourth-order valence-electron chi connectivity index (χ4n) is 1.64. The van der Waals surface area contributed by atoms with E-state index in [1.54, 1.807) is 23.1 Å². The molecular weight excluding hydrogens is 249 g/mol. The maximum atomic E-state index is 11.7. The number of carbonyl (C=O) groups is 1. The van der Waals surface area contributed by atoms with E-state index >= 15 is 0 Å². The van der Waals surface area contributed by atoms with Gasteiger partial charge in [-0.25, -0.2) is 4.79 Å². The molecule has 1 unspecified atom stereocenters. The Balaban J connectivity index is 2.31. The van der Waals surface area contributed by atoms with Crippen LogP contribution < -0.4 is 16.0 Å². The first-order valence-corrected chi connectivity index (χ1v) is 5.61. The summed E-state index contributed by atoms with van der Waals surface area (Å²) in [5.74, 6) is 0. The maximum Gasteiger partial charge on any atom is 0.322 e. The second-order valence-corrected chi connectivity index (χ2v) is 4.35. The Kier molecular flexibility index (Phi) is 3.23. The van der Waals surface area contributed by atoms with Crippen molar-refractivity contribution in [1.82, 2.24) is 5.32 Å². The van der Waals surface area contributed by atoms with Crippen molar-refractivity contribution in [2.24, 2.45) is 5.73 Å². The molecule has 1 atom stereocenters. The fourth-order valence-corrected chi connectivity index (χ4v) is 2.04. The number of anilines is 1. The lowest BCUT2D eigenvalue weighted by Crippen LogP contribution is -2.33. The molecule has 3 N–H and O–H groups in total. The SMILES string of the molecule is NCC1CN(c2cccc(Cl)c2Cl)C(=O)N1. The second-order valence-electron chi connectivity index (χ2n) is 3.57. The van der Waals surface area contributed by atoms with Gasteiger partial charge in [-0.05, 0) is 12.1 Å². The van der Waals surface area contributed by atoms with Crippen molar-refractivity contribution >= 4 is 34.9 Å². The van der Waals surface area contributed by atoms with E-state index in [0.717, 1.165) is 0 Å². The predicted octanol–water partition coefficient (Wildman–Crippen LogP) is 1.85. The molecule has 1 aliphatic heterocycles. The Morgan fingerprint density at radius 2 is 2.25 bits per heavy atom. The normalized spacial score (nSPS) is 20.1. The van der Waals surface area contributed by atoms with Crippen LogP contribution in [0.3, 0.4) is 0 Å². The van der Waals surface area contributed by atoms with Crippen LogP contribution in [0.5, 0.6) is 0 Å². The Bertz CT molecular complexity index is 425. The van der Waals surface area contributed by atoms with Crippen LogP contribution in [0.4, 0.5) is 10.5 Å². The van der Waals surface area contributed by atoms with Crippen molar-refractivity contribution in [3.63, 3.8) is 0 Å². The molecule has 0 bridgehead atoms. The third-order valence-corrected chi connectivity index (χ3v) is 3.29. The minimum absolute atomic E-state index is 0.0393. The molecule has 86 valence electrons. The van der Waals surface area contributed by atoms with Crippen molar-refractivity contribution in [2.45, 2.75) is 6.04 Å². The van der Waals surface area contributed by atoms with Crippen LogP contribution in [0.25, 0.3) is 0 Å². The third kappa shape index (κ3) is 1.96. The van der Waals surface area contributed by atoms with Gasteiger partial charge in [0, 0.05) is 13.1 Å². The van der Waals surface area contributed by atoms with Gasteiger partial charge >= 0.3 is 6.03 Å². The number of benzene rings is 1. The third-order valence-electron chi connectivity index (χ3n) is 2.48. The molecule has 6 heteroatoms. The number of rotatable bonds is 2. The number of carbonyl (C=O) groups excluding carboxylic acids is 1. The van der Waals surface area contributed by atoms with E-state index in [0.29, 0.717) is 28.8 Å². The van der Waals surface area contributed by atoms with Crippen LogP contribution >= 0.6 is 23.2 Å². The van der Waals surface area contributed by atoms with E-state index in [1.807, 2.05) is 0 Å². The highest BCUT2D eigenvalue weighted by Gasteiger charge is 2.30. The topological polar surface area (TPSA) is 58.4 Å². The minimum Gasteiger partial charge on any atom is -0.332 e. The number of nitrogens with zero attached hydrogens (tertiary/aromatic N) is 1. The van der Waals surface area contributed by atoms with Crippen molar-refractivity contribution < 1.29 is 4.79 Å². The van der Waals surface area contributed by atoms with E-state index in [-0.39, 0.29) is 12.1 Å². The molecule has 0 aliphatic carbocycles. The highest BCUT2D eigenvalue weighted by molar-refractivity contribution is 6.44. The van der Waals surface area contributed by atoms with Gasteiger partial charge in [0.2, 0.25) is 0 Å². The standard InChI is InChI=1S/C10H11Cl2N3O/c11-7-2-1-3-8(9(7)12)15-5-6(4-13)14-10(15)16/h1-3,6H,4-5,13H2,(H,14,16). The molecule has 2 rings (SSSR count). The van der Waals surface area contributed by atoms with Gasteiger partial charge in [-0.3, -0.25) is 4.90 Å². The maximum absolute atomic E-state index is 11.7. The Hall–Kier alpha value is -0.970. The number of hydrogen-bond donors (Lipinski definition) is 2. The van der Waals surface area contributed by atoms with Crippen molar-refractivity contribution in [3.05, 3.63) is 28.2 Å². The summed E-state index contributed by atoms with van der Waals surface area (Å²) >= 11 is 11.9. The molecule has 16 heavy (non-hydrogen) atoms. The lowest BCUT2D eigenvalue weighted by Gasteiger charge is -2.16. The van der Waals surface area contributed by atoms with E-state index in [9.17, 15) is 4.79 Å². The number of halogens is 2. The molecular formula is C10H11Cl2N3O. The molecule has 1 aliphatic rings. The van der Waals surface area contributed by atoms with Gasteiger partial charge in [0.05, 0.1) is 21.8 Å². The molecule has 1 aromatic rings. The Morgan fingerprint density at radius 1 is 1.50 bits per heavy atom. The lowest BCUT2D eigenvalue weighted by molar-refractivity contribution is 0.251. The minimum atomic E-state index is -0.195. The summed E-state index contributed by atoms with van der Waals surface area (Å²) in [4.78, 5) is 13.2. The fraction of sp³-hybridized carbons (Fsp3) is 0.300. The summed E-state index contributed by atoms with van der Waals surface area (Å²) < 4.78 is 0. The van der Waals surface area contributed by atoms with Gasteiger partial charge in [0.25, 0.3) is 0 Å². The van der Waals surface area contributed by atoms with Gasteiger partial charge in [-0.1, -0.05) is 29.3 Å². The van der Waals surface area contributed by atoms with Crippen molar-refractivity contribution in [1.29, 1.82) is 0 Å². The molecule has 2 amide bonds. The highest BCUT2D eigenvalue weighted by Crippen LogP contribution is 2.33. The summed E-state index contributed by atoms with van der Waals surface area (Å²) in [5.41, 5.74) is 6.12. The number of nitrogens with two attached hydrogens (primary N) is 1. The van der Waals surface area contributed by atoms with Crippen LogP contribution in [0.2, 0.25) is 10.0 Å². The average molecular weight is 260 g/mol. The van der Waals surface area contributed by atoms with Crippen LogP contribution in [-0.2, 0) is 0 Å². The molecule has 1 aromatic carbocycles. The molecule has 1 saturated heterocycles. The number of nitrogens with one attached hydrogen (secondary N) is 1. The molecule has 0 spiro atoms. The van der Waals surface area contributed by atoms with Crippen LogP contribution in [0.1, 0.15) is 0 Å². The summed E-state index contributed by atoms with van der Waals surface area (Å²) in [7, 11) is 0. The van der Waals surface area contributed by atoms with Crippen molar-refractivity contribution in [2.75, 3.05) is 18.0 Å². The monoisotopic (exact) mass is 259 g/mol. The van der Waals surface area contributed by atoms with Gasteiger partial charge in [-0.15, -0.1) is 0 Å². The first-order valence-electron chi connectivity index (χ1n) is 4.85. The summed E-state index contributed by atoms with van der Waals surface area (Å²) in [6, 6.07) is 4.96. The quantitative estimate of drug-likeness (QED) is 0.852. The highest BCUT2D eigenvalue weighted by atomic mass is 35.5. The predicted molar refractivity (Wildman–Crippen MR) is 65.2 cm³/mol. The zero-order valence-corrected chi connectivity index (χ0v) is 9.92. The van der Waals surface area contributed by atoms with Crippen LogP contribution in [0.15, 0.2) is 18.2 Å². The zero-order chi connectivity index (χ0) is 11.7. The molecule has 0 aromatic heterocycles. The summed E-state index contributed by atoms with van der Waals surface area (Å²) in [5, 5.41) is 3.58.